The van der Waals surface area contributed by atoms with E-state index in [4.69, 9.17) is 0 Å². The molecule has 0 aliphatic heterocycles. The van der Waals surface area contributed by atoms with Crippen LogP contribution in [0, 0.1) is 12.8 Å². The lowest BCUT2D eigenvalue weighted by Gasteiger charge is -2.12. The van der Waals surface area contributed by atoms with E-state index in [9.17, 15) is 9.59 Å². The second-order valence-corrected chi connectivity index (χ2v) is 11.5. The van der Waals surface area contributed by atoms with Crippen LogP contribution in [0.15, 0.2) is 40.3 Å². The molecule has 3 heterocycles. The van der Waals surface area contributed by atoms with Crippen molar-refractivity contribution in [1.82, 2.24) is 20.2 Å². The van der Waals surface area contributed by atoms with Crippen LogP contribution >= 0.6 is 34.4 Å². The molecule has 10 heteroatoms. The number of anilines is 1. The second kappa shape index (κ2) is 10.1. The van der Waals surface area contributed by atoms with E-state index in [2.05, 4.69) is 39.3 Å². The predicted octanol–water partition coefficient (Wildman–Crippen LogP) is 5.52. The summed E-state index contributed by atoms with van der Waals surface area (Å²) in [5.41, 5.74) is 1.72. The highest BCUT2D eigenvalue weighted by Crippen LogP contribution is 2.36. The molecule has 7 nitrogen and oxygen atoms in total. The van der Waals surface area contributed by atoms with Gasteiger partial charge < -0.3 is 4.98 Å². The van der Waals surface area contributed by atoms with Crippen molar-refractivity contribution in [3.8, 4) is 11.1 Å². The van der Waals surface area contributed by atoms with Crippen molar-refractivity contribution < 1.29 is 4.79 Å². The molecule has 0 aliphatic rings. The van der Waals surface area contributed by atoms with Crippen LogP contribution in [0.4, 0.5) is 5.13 Å². The minimum absolute atomic E-state index is 0.176. The van der Waals surface area contributed by atoms with E-state index in [1.165, 1.54) is 34.4 Å². The van der Waals surface area contributed by atoms with Gasteiger partial charge in [0, 0.05) is 16.9 Å². The average Bonchev–Trinajstić information content (AvgIpc) is 3.35. The number of aryl methyl sites for hydroxylation is 1. The van der Waals surface area contributed by atoms with Crippen LogP contribution in [-0.2, 0) is 11.2 Å². The molecule has 4 aromatic rings. The molecular formula is C23H25N5O2S3. The van der Waals surface area contributed by atoms with Gasteiger partial charge in [-0.2, -0.15) is 0 Å². The van der Waals surface area contributed by atoms with Gasteiger partial charge in [0.05, 0.1) is 10.6 Å². The first-order valence-corrected chi connectivity index (χ1v) is 13.3. The summed E-state index contributed by atoms with van der Waals surface area (Å²) in [6.07, 6.45) is 1.41. The van der Waals surface area contributed by atoms with Gasteiger partial charge in [-0.3, -0.25) is 14.9 Å². The molecule has 3 aromatic heterocycles. The molecule has 1 amide bonds. The number of aromatic nitrogens is 4. The zero-order chi connectivity index (χ0) is 23.5. The quantitative estimate of drug-likeness (QED) is 0.245. The summed E-state index contributed by atoms with van der Waals surface area (Å²) in [7, 11) is 0. The van der Waals surface area contributed by atoms with E-state index in [1.54, 1.807) is 0 Å². The van der Waals surface area contributed by atoms with Gasteiger partial charge in [0.15, 0.2) is 5.16 Å². The Hall–Kier alpha value is -2.56. The Labute approximate surface area is 204 Å². The summed E-state index contributed by atoms with van der Waals surface area (Å²) in [6, 6.07) is 9.85. The molecule has 172 valence electrons. The number of rotatable bonds is 8. The molecule has 0 bridgehead atoms. The number of hydrogen-bond acceptors (Lipinski definition) is 8. The Bertz CT molecular complexity index is 1330. The van der Waals surface area contributed by atoms with Gasteiger partial charge in [-0.25, -0.2) is 4.98 Å². The lowest BCUT2D eigenvalue weighted by molar-refractivity contribution is -0.115. The van der Waals surface area contributed by atoms with Crippen molar-refractivity contribution in [3.63, 3.8) is 0 Å². The number of carbonyl (C=O) groups excluding carboxylic acids is 1. The van der Waals surface area contributed by atoms with E-state index < -0.39 is 5.25 Å². The van der Waals surface area contributed by atoms with Crippen LogP contribution in [-0.4, -0.2) is 31.3 Å². The van der Waals surface area contributed by atoms with Gasteiger partial charge in [0.1, 0.15) is 9.84 Å². The topological polar surface area (TPSA) is 101 Å². The van der Waals surface area contributed by atoms with E-state index in [1.807, 2.05) is 44.2 Å². The number of H-pyrrole nitrogens is 1. The maximum Gasteiger partial charge on any atom is 0.260 e. The molecule has 1 aromatic carbocycles. The molecule has 0 saturated carbocycles. The first kappa shape index (κ1) is 23.6. The number of fused-ring (bicyclic) bond motifs is 1. The van der Waals surface area contributed by atoms with E-state index in [0.717, 1.165) is 27.4 Å². The molecule has 0 aliphatic carbocycles. The maximum absolute atomic E-state index is 13.0. The van der Waals surface area contributed by atoms with E-state index in [0.29, 0.717) is 32.8 Å². The molecule has 0 saturated heterocycles. The number of hydrogen-bond donors (Lipinski definition) is 2. The molecule has 4 rings (SSSR count). The molecule has 0 spiro atoms. The number of nitrogens with one attached hydrogen (secondary N) is 2. The standard InChI is InChI=1S/C23H25N5O2S3/c1-5-15(19(29)24-23-28-27-16(33-23)11-12(2)3)32-22-25-20(30)18-17(13(4)31-21(18)26-22)14-9-7-6-8-10-14/h6-10,12,15H,5,11H2,1-4H3,(H,24,28,29)(H,25,26,30). The van der Waals surface area contributed by atoms with E-state index >= 15 is 0 Å². The van der Waals surface area contributed by atoms with Crippen LogP contribution < -0.4 is 10.9 Å². The van der Waals surface area contributed by atoms with E-state index in [-0.39, 0.29) is 11.5 Å². The van der Waals surface area contributed by atoms with Gasteiger partial charge in [0.25, 0.3) is 5.56 Å². The number of carbonyl (C=O) groups is 1. The van der Waals surface area contributed by atoms with Crippen LogP contribution in [0.3, 0.4) is 0 Å². The Morgan fingerprint density at radius 2 is 1.94 bits per heavy atom. The number of aromatic amines is 1. The third-order valence-electron chi connectivity index (χ3n) is 4.98. The number of nitrogens with zero attached hydrogens (tertiary/aromatic N) is 3. The summed E-state index contributed by atoms with van der Waals surface area (Å²) >= 11 is 4.15. The van der Waals surface area contributed by atoms with Crippen molar-refractivity contribution in [2.75, 3.05) is 5.32 Å². The molecule has 0 radical (unpaired) electrons. The molecule has 1 atom stereocenters. The Kier molecular flexibility index (Phi) is 7.26. The fourth-order valence-corrected chi connectivity index (χ4v) is 6.44. The number of thiophene rings is 1. The van der Waals surface area contributed by atoms with Crippen LogP contribution in [0.5, 0.6) is 0 Å². The first-order chi connectivity index (χ1) is 15.9. The smallest absolute Gasteiger partial charge is 0.260 e. The number of thioether (sulfide) groups is 1. The Morgan fingerprint density at radius 3 is 2.64 bits per heavy atom. The normalized spacial score (nSPS) is 12.4. The second-order valence-electron chi connectivity index (χ2n) is 8.05. The van der Waals surface area contributed by atoms with Crippen LogP contribution in [0.1, 0.15) is 37.1 Å². The monoisotopic (exact) mass is 499 g/mol. The fraction of sp³-hybridized carbons (Fsp3) is 0.348. The van der Waals surface area contributed by atoms with Crippen molar-refractivity contribution in [2.24, 2.45) is 5.92 Å². The van der Waals surface area contributed by atoms with Gasteiger partial charge in [-0.1, -0.05) is 74.2 Å². The van der Waals surface area contributed by atoms with Crippen molar-refractivity contribution in [2.45, 2.75) is 50.9 Å². The molecule has 2 N–H and O–H groups in total. The summed E-state index contributed by atoms with van der Waals surface area (Å²) in [4.78, 5) is 35.1. The Balaban J connectivity index is 1.55. The van der Waals surface area contributed by atoms with Crippen LogP contribution in [0.2, 0.25) is 0 Å². The average molecular weight is 500 g/mol. The van der Waals surface area contributed by atoms with Gasteiger partial charge in [-0.15, -0.1) is 21.5 Å². The van der Waals surface area contributed by atoms with Gasteiger partial charge in [-0.05, 0) is 24.8 Å². The zero-order valence-corrected chi connectivity index (χ0v) is 21.3. The zero-order valence-electron chi connectivity index (χ0n) is 18.8. The number of benzene rings is 1. The van der Waals surface area contributed by atoms with Crippen molar-refractivity contribution >= 4 is 55.7 Å². The lowest BCUT2D eigenvalue weighted by atomic mass is 10.0. The lowest BCUT2D eigenvalue weighted by Crippen LogP contribution is -2.25. The predicted molar refractivity (Wildman–Crippen MR) is 137 cm³/mol. The van der Waals surface area contributed by atoms with Crippen molar-refractivity contribution in [3.05, 3.63) is 50.6 Å². The SMILES string of the molecule is CCC(Sc1nc2sc(C)c(-c3ccccc3)c2c(=O)[nH]1)C(=O)Nc1nnc(CC(C)C)s1. The van der Waals surface area contributed by atoms with Crippen LogP contribution in [0.25, 0.3) is 21.3 Å². The number of amides is 1. The highest BCUT2D eigenvalue weighted by atomic mass is 32.2. The summed E-state index contributed by atoms with van der Waals surface area (Å²) < 4.78 is 0. The highest BCUT2D eigenvalue weighted by molar-refractivity contribution is 8.00. The van der Waals surface area contributed by atoms with Gasteiger partial charge in [0.2, 0.25) is 11.0 Å². The first-order valence-electron chi connectivity index (χ1n) is 10.7. The third kappa shape index (κ3) is 5.34. The van der Waals surface area contributed by atoms with Crippen molar-refractivity contribution in [1.29, 1.82) is 0 Å². The molecule has 1 unspecified atom stereocenters. The largest absolute Gasteiger partial charge is 0.301 e. The Morgan fingerprint density at radius 1 is 1.18 bits per heavy atom. The maximum atomic E-state index is 13.0. The molecule has 33 heavy (non-hydrogen) atoms. The molecule has 0 fully saturated rings. The molecular weight excluding hydrogens is 474 g/mol. The minimum atomic E-state index is -0.419. The van der Waals surface area contributed by atoms with Gasteiger partial charge >= 0.3 is 0 Å². The summed E-state index contributed by atoms with van der Waals surface area (Å²) in [5.74, 6) is 0.298. The third-order valence-corrected chi connectivity index (χ3v) is 8.08. The summed E-state index contributed by atoms with van der Waals surface area (Å²) in [6.45, 7) is 8.16. The minimum Gasteiger partial charge on any atom is -0.301 e. The highest BCUT2D eigenvalue weighted by Gasteiger charge is 2.23. The fourth-order valence-electron chi connectivity index (χ4n) is 3.49. The summed E-state index contributed by atoms with van der Waals surface area (Å²) in [5, 5.41) is 13.1.